The van der Waals surface area contributed by atoms with E-state index >= 15 is 0 Å². The van der Waals surface area contributed by atoms with Crippen LogP contribution in [0.15, 0.2) is 0 Å². The van der Waals surface area contributed by atoms with Crippen LogP contribution in [0.3, 0.4) is 0 Å². The summed E-state index contributed by atoms with van der Waals surface area (Å²) in [6, 6.07) is 0. The topological polar surface area (TPSA) is 36.3 Å². The van der Waals surface area contributed by atoms with E-state index in [1.165, 1.54) is 6.42 Å². The second-order valence-electron chi connectivity index (χ2n) is 4.94. The fourth-order valence-electron chi connectivity index (χ4n) is 2.51. The summed E-state index contributed by atoms with van der Waals surface area (Å²) in [6.45, 7) is 2.50. The lowest BCUT2D eigenvalue weighted by molar-refractivity contribution is -0.0364. The molecule has 1 fully saturated rings. The monoisotopic (exact) mass is 272 g/mol. The van der Waals surface area contributed by atoms with E-state index in [1.807, 2.05) is 14.0 Å². The summed E-state index contributed by atoms with van der Waals surface area (Å²) in [4.78, 5) is 0. The molecule has 2 atom stereocenters. The molecule has 0 aromatic carbocycles. The third-order valence-corrected chi connectivity index (χ3v) is 4.12. The molecule has 0 bridgehead atoms. The first-order valence-corrected chi connectivity index (χ1v) is 6.82. The molecule has 1 aromatic heterocycles. The highest BCUT2D eigenvalue weighted by molar-refractivity contribution is 6.30. The molecule has 1 aliphatic carbocycles. The van der Waals surface area contributed by atoms with E-state index in [0.717, 1.165) is 30.5 Å². The van der Waals surface area contributed by atoms with Crippen molar-refractivity contribution >= 4 is 11.6 Å². The average Bonchev–Trinajstić information content (AvgIpc) is 2.61. The van der Waals surface area contributed by atoms with Crippen LogP contribution in [0.5, 0.6) is 0 Å². The lowest BCUT2D eigenvalue weighted by Gasteiger charge is -2.28. The molecule has 1 heterocycles. The third kappa shape index (κ3) is 3.05. The summed E-state index contributed by atoms with van der Waals surface area (Å²) in [5, 5.41) is 4.96. The molecule has 0 radical (unpaired) electrons. The van der Waals surface area contributed by atoms with Crippen molar-refractivity contribution in [3.05, 3.63) is 16.4 Å². The fraction of sp³-hybridized carbons (Fsp3) is 0.769. The Labute approximate surface area is 113 Å². The Kier molecular flexibility index (Phi) is 4.65. The standard InChI is InChI=1S/C13H21ClN2O2/c1-9-12(13(14)16(2)15-9)8-18-11-6-4-5-10(7-11)17-3/h10-11H,4-8H2,1-3H3. The molecule has 2 rings (SSSR count). The summed E-state index contributed by atoms with van der Waals surface area (Å²) >= 11 is 6.18. The SMILES string of the molecule is COC1CCCC(OCc2c(C)nn(C)c2Cl)C1. The van der Waals surface area contributed by atoms with E-state index in [9.17, 15) is 0 Å². The second kappa shape index (κ2) is 6.04. The normalized spacial score (nSPS) is 24.4. The Morgan fingerprint density at radius 3 is 2.72 bits per heavy atom. The van der Waals surface area contributed by atoms with E-state index in [1.54, 1.807) is 11.8 Å². The van der Waals surface area contributed by atoms with Crippen LogP contribution in [0.1, 0.15) is 36.9 Å². The van der Waals surface area contributed by atoms with E-state index in [0.29, 0.717) is 17.9 Å². The number of halogens is 1. The predicted octanol–water partition coefficient (Wildman–Crippen LogP) is 2.86. The van der Waals surface area contributed by atoms with Crippen molar-refractivity contribution in [2.75, 3.05) is 7.11 Å². The number of ether oxygens (including phenoxy) is 2. The van der Waals surface area contributed by atoms with Crippen LogP contribution in [0, 0.1) is 6.92 Å². The fourth-order valence-corrected chi connectivity index (χ4v) is 2.74. The number of hydrogen-bond donors (Lipinski definition) is 0. The molecule has 102 valence electrons. The lowest BCUT2D eigenvalue weighted by Crippen LogP contribution is -2.27. The lowest BCUT2D eigenvalue weighted by atomic mass is 9.95. The zero-order valence-electron chi connectivity index (χ0n) is 11.3. The molecule has 5 heteroatoms. The maximum absolute atomic E-state index is 6.18. The molecule has 0 spiro atoms. The van der Waals surface area contributed by atoms with Gasteiger partial charge < -0.3 is 9.47 Å². The molecule has 0 aliphatic heterocycles. The van der Waals surface area contributed by atoms with Crippen molar-refractivity contribution in [2.45, 2.75) is 51.4 Å². The minimum absolute atomic E-state index is 0.277. The zero-order chi connectivity index (χ0) is 13.1. The van der Waals surface area contributed by atoms with E-state index in [-0.39, 0.29) is 6.10 Å². The van der Waals surface area contributed by atoms with Gasteiger partial charge in [-0.15, -0.1) is 0 Å². The first kappa shape index (κ1) is 13.8. The van der Waals surface area contributed by atoms with Gasteiger partial charge in [-0.2, -0.15) is 5.10 Å². The number of rotatable bonds is 4. The molecule has 18 heavy (non-hydrogen) atoms. The van der Waals surface area contributed by atoms with Crippen molar-refractivity contribution < 1.29 is 9.47 Å². The molecule has 0 saturated heterocycles. The van der Waals surface area contributed by atoms with Crippen molar-refractivity contribution in [1.82, 2.24) is 9.78 Å². The van der Waals surface area contributed by atoms with E-state index in [2.05, 4.69) is 5.10 Å². The van der Waals surface area contributed by atoms with Gasteiger partial charge in [0.15, 0.2) is 0 Å². The maximum atomic E-state index is 6.18. The van der Waals surface area contributed by atoms with Gasteiger partial charge in [0, 0.05) is 19.7 Å². The predicted molar refractivity (Wildman–Crippen MR) is 70.8 cm³/mol. The third-order valence-electron chi connectivity index (χ3n) is 3.64. The van der Waals surface area contributed by atoms with Crippen LogP contribution >= 0.6 is 11.6 Å². The molecule has 4 nitrogen and oxygen atoms in total. The minimum atomic E-state index is 0.277. The van der Waals surface area contributed by atoms with Crippen LogP contribution in [0.2, 0.25) is 5.15 Å². The molecule has 0 amide bonds. The van der Waals surface area contributed by atoms with Gasteiger partial charge in [0.2, 0.25) is 0 Å². The van der Waals surface area contributed by atoms with Crippen LogP contribution in [0.25, 0.3) is 0 Å². The van der Waals surface area contributed by atoms with Crippen molar-refractivity contribution in [2.24, 2.45) is 7.05 Å². The number of methoxy groups -OCH3 is 1. The summed E-state index contributed by atoms with van der Waals surface area (Å²) in [7, 11) is 3.62. The van der Waals surface area contributed by atoms with Crippen LogP contribution in [0.4, 0.5) is 0 Å². The van der Waals surface area contributed by atoms with Gasteiger partial charge in [-0.3, -0.25) is 4.68 Å². The van der Waals surface area contributed by atoms with Crippen LogP contribution < -0.4 is 0 Å². The van der Waals surface area contributed by atoms with Gasteiger partial charge in [-0.05, 0) is 32.6 Å². The Hall–Kier alpha value is -0.580. The molecule has 1 saturated carbocycles. The molecule has 0 N–H and O–H groups in total. The first-order valence-electron chi connectivity index (χ1n) is 6.44. The Morgan fingerprint density at radius 2 is 2.11 bits per heavy atom. The molecular weight excluding hydrogens is 252 g/mol. The molecule has 2 unspecified atom stereocenters. The van der Waals surface area contributed by atoms with Gasteiger partial charge in [-0.1, -0.05) is 11.6 Å². The number of nitrogens with zero attached hydrogens (tertiary/aromatic N) is 2. The summed E-state index contributed by atoms with van der Waals surface area (Å²) in [5.41, 5.74) is 1.94. The van der Waals surface area contributed by atoms with Crippen molar-refractivity contribution in [1.29, 1.82) is 0 Å². The summed E-state index contributed by atoms with van der Waals surface area (Å²) in [5.74, 6) is 0. The number of aromatic nitrogens is 2. The summed E-state index contributed by atoms with van der Waals surface area (Å²) < 4.78 is 13.0. The van der Waals surface area contributed by atoms with E-state index < -0.39 is 0 Å². The largest absolute Gasteiger partial charge is 0.381 e. The first-order chi connectivity index (χ1) is 8.61. The second-order valence-corrected chi connectivity index (χ2v) is 5.29. The van der Waals surface area contributed by atoms with Crippen LogP contribution in [-0.2, 0) is 23.1 Å². The number of aryl methyl sites for hydroxylation is 2. The maximum Gasteiger partial charge on any atom is 0.132 e. The highest BCUT2D eigenvalue weighted by Gasteiger charge is 2.23. The highest BCUT2D eigenvalue weighted by Crippen LogP contribution is 2.26. The highest BCUT2D eigenvalue weighted by atomic mass is 35.5. The number of hydrogen-bond acceptors (Lipinski definition) is 3. The van der Waals surface area contributed by atoms with Gasteiger partial charge >= 0.3 is 0 Å². The zero-order valence-corrected chi connectivity index (χ0v) is 12.0. The Balaban J connectivity index is 1.91. The van der Waals surface area contributed by atoms with Crippen molar-refractivity contribution in [3.63, 3.8) is 0 Å². The quantitative estimate of drug-likeness (QED) is 0.846. The average molecular weight is 273 g/mol. The Morgan fingerprint density at radius 1 is 1.39 bits per heavy atom. The smallest absolute Gasteiger partial charge is 0.132 e. The van der Waals surface area contributed by atoms with Gasteiger partial charge in [0.1, 0.15) is 5.15 Å². The van der Waals surface area contributed by atoms with Gasteiger partial charge in [0.25, 0.3) is 0 Å². The summed E-state index contributed by atoms with van der Waals surface area (Å²) in [6.07, 6.45) is 5.02. The Bertz CT molecular complexity index is 406. The van der Waals surface area contributed by atoms with Crippen LogP contribution in [-0.4, -0.2) is 29.1 Å². The van der Waals surface area contributed by atoms with Crippen molar-refractivity contribution in [3.8, 4) is 0 Å². The molecular formula is C13H21ClN2O2. The van der Waals surface area contributed by atoms with Gasteiger partial charge in [-0.25, -0.2) is 0 Å². The molecule has 1 aliphatic rings. The minimum Gasteiger partial charge on any atom is -0.381 e. The van der Waals surface area contributed by atoms with Gasteiger partial charge in [0.05, 0.1) is 24.5 Å². The molecule has 1 aromatic rings. The van der Waals surface area contributed by atoms with E-state index in [4.69, 9.17) is 21.1 Å².